The van der Waals surface area contributed by atoms with Crippen LogP contribution in [-0.4, -0.2) is 21.9 Å². The quantitative estimate of drug-likeness (QED) is 0.197. The van der Waals surface area contributed by atoms with Crippen molar-refractivity contribution in [1.82, 2.24) is 5.32 Å². The van der Waals surface area contributed by atoms with Gasteiger partial charge < -0.3 is 4.42 Å². The number of hydrogen-bond acceptors (Lipinski definition) is 6. The van der Waals surface area contributed by atoms with Crippen LogP contribution in [0.25, 0.3) is 17.4 Å². The van der Waals surface area contributed by atoms with Gasteiger partial charge in [-0.15, -0.1) is 0 Å². The number of nitro benzene ring substituents is 1. The van der Waals surface area contributed by atoms with Gasteiger partial charge in [0.15, 0.2) is 5.11 Å². The van der Waals surface area contributed by atoms with E-state index in [1.165, 1.54) is 23.1 Å². The van der Waals surface area contributed by atoms with Crippen LogP contribution in [0.3, 0.4) is 0 Å². The van der Waals surface area contributed by atoms with E-state index in [1.807, 2.05) is 0 Å². The van der Waals surface area contributed by atoms with Crippen molar-refractivity contribution in [2.24, 2.45) is 0 Å². The molecule has 0 saturated carbocycles. The zero-order chi connectivity index (χ0) is 23.0. The van der Waals surface area contributed by atoms with Gasteiger partial charge >= 0.3 is 0 Å². The molecule has 0 atom stereocenters. The fourth-order valence-electron chi connectivity index (χ4n) is 3.19. The van der Waals surface area contributed by atoms with E-state index >= 15 is 0 Å². The first-order valence-corrected chi connectivity index (χ1v) is 10.1. The molecule has 3 aromatic rings. The predicted octanol–water partition coefficient (Wildman–Crippen LogP) is 4.65. The number of benzene rings is 2. The van der Waals surface area contributed by atoms with Crippen molar-refractivity contribution in [2.75, 3.05) is 4.90 Å². The molecular formula is C22H14ClN3O5S. The molecule has 32 heavy (non-hydrogen) atoms. The lowest BCUT2D eigenvalue weighted by atomic mass is 10.1. The number of carbonyl (C=O) groups is 2. The second-order valence-corrected chi connectivity index (χ2v) is 7.64. The maximum absolute atomic E-state index is 13.2. The first kappa shape index (κ1) is 21.4. The van der Waals surface area contributed by atoms with E-state index in [0.29, 0.717) is 27.6 Å². The molecule has 0 bridgehead atoms. The molecule has 1 N–H and O–H groups in total. The van der Waals surface area contributed by atoms with Gasteiger partial charge in [-0.05, 0) is 67.2 Å². The number of non-ortho nitro benzene ring substituents is 1. The molecule has 8 nitrogen and oxygen atoms in total. The normalized spacial score (nSPS) is 15.2. The lowest BCUT2D eigenvalue weighted by Crippen LogP contribution is -2.54. The molecule has 10 heteroatoms. The third-order valence-electron chi connectivity index (χ3n) is 4.86. The van der Waals surface area contributed by atoms with Gasteiger partial charge in [0.25, 0.3) is 17.5 Å². The summed E-state index contributed by atoms with van der Waals surface area (Å²) in [6, 6.07) is 14.1. The summed E-state index contributed by atoms with van der Waals surface area (Å²) in [6.07, 6.45) is 1.32. The summed E-state index contributed by atoms with van der Waals surface area (Å²) in [7, 11) is 0. The Balaban J connectivity index is 1.67. The molecule has 1 aliphatic heterocycles. The van der Waals surface area contributed by atoms with Gasteiger partial charge in [-0.2, -0.15) is 0 Å². The van der Waals surface area contributed by atoms with E-state index < -0.39 is 16.7 Å². The van der Waals surface area contributed by atoms with E-state index in [-0.39, 0.29) is 22.1 Å². The monoisotopic (exact) mass is 467 g/mol. The Morgan fingerprint density at radius 2 is 1.84 bits per heavy atom. The zero-order valence-electron chi connectivity index (χ0n) is 16.5. The van der Waals surface area contributed by atoms with Crippen molar-refractivity contribution in [3.63, 3.8) is 0 Å². The summed E-state index contributed by atoms with van der Waals surface area (Å²) in [5, 5.41) is 13.7. The lowest BCUT2D eigenvalue weighted by Gasteiger charge is -2.30. The first-order chi connectivity index (χ1) is 15.3. The lowest BCUT2D eigenvalue weighted by molar-refractivity contribution is -0.384. The SMILES string of the molecule is Cc1c(Cl)cccc1N1C(=O)/C(=C\c2ccc(-c3ccc([N+](=O)[O-])cc3)o2)C(=O)NC1=S. The van der Waals surface area contributed by atoms with Gasteiger partial charge in [0.1, 0.15) is 17.1 Å². The number of nitrogens with zero attached hydrogens (tertiary/aromatic N) is 2. The Morgan fingerprint density at radius 3 is 2.53 bits per heavy atom. The van der Waals surface area contributed by atoms with E-state index in [2.05, 4.69) is 5.32 Å². The van der Waals surface area contributed by atoms with Crippen molar-refractivity contribution in [3.05, 3.63) is 86.6 Å². The molecular weight excluding hydrogens is 454 g/mol. The molecule has 1 fully saturated rings. The minimum Gasteiger partial charge on any atom is -0.457 e. The highest BCUT2D eigenvalue weighted by Crippen LogP contribution is 2.30. The van der Waals surface area contributed by atoms with Crippen LogP contribution < -0.4 is 10.2 Å². The van der Waals surface area contributed by atoms with Crippen molar-refractivity contribution < 1.29 is 18.9 Å². The number of rotatable bonds is 4. The van der Waals surface area contributed by atoms with Gasteiger partial charge in [0, 0.05) is 22.7 Å². The molecule has 2 amide bonds. The molecule has 0 radical (unpaired) electrons. The molecule has 1 aliphatic rings. The van der Waals surface area contributed by atoms with E-state index in [1.54, 1.807) is 49.4 Å². The molecule has 1 aromatic heterocycles. The second kappa shape index (κ2) is 8.37. The van der Waals surface area contributed by atoms with Crippen LogP contribution in [0, 0.1) is 17.0 Å². The molecule has 0 unspecified atom stereocenters. The minimum atomic E-state index is -0.649. The zero-order valence-corrected chi connectivity index (χ0v) is 18.1. The standard InChI is InChI=1S/C22H14ClN3O5S/c1-12-17(23)3-2-4-18(12)25-21(28)16(20(27)24-22(25)32)11-15-9-10-19(31-15)13-5-7-14(8-6-13)26(29)30/h2-11H,1H3,(H,24,27,32)/b16-11-. The largest absolute Gasteiger partial charge is 0.457 e. The Bertz CT molecular complexity index is 1310. The van der Waals surface area contributed by atoms with Crippen molar-refractivity contribution in [1.29, 1.82) is 0 Å². The molecule has 2 aromatic carbocycles. The fourth-order valence-corrected chi connectivity index (χ4v) is 3.63. The van der Waals surface area contributed by atoms with Gasteiger partial charge in [-0.3, -0.25) is 29.9 Å². The van der Waals surface area contributed by atoms with Crippen molar-refractivity contribution >= 4 is 58.2 Å². The minimum absolute atomic E-state index is 0.0421. The summed E-state index contributed by atoms with van der Waals surface area (Å²) < 4.78 is 5.73. The smallest absolute Gasteiger partial charge is 0.270 e. The van der Waals surface area contributed by atoms with Gasteiger partial charge in [-0.1, -0.05) is 17.7 Å². The Kier molecular flexibility index (Phi) is 5.60. The maximum atomic E-state index is 13.2. The van der Waals surface area contributed by atoms with E-state index in [9.17, 15) is 19.7 Å². The number of nitro groups is 1. The summed E-state index contributed by atoms with van der Waals surface area (Å²) >= 11 is 11.4. The highest BCUT2D eigenvalue weighted by molar-refractivity contribution is 7.80. The van der Waals surface area contributed by atoms with Crippen LogP contribution in [0.15, 0.2) is 64.6 Å². The van der Waals surface area contributed by atoms with E-state index in [4.69, 9.17) is 28.2 Å². The number of nitrogens with one attached hydrogen (secondary N) is 1. The summed E-state index contributed by atoms with van der Waals surface area (Å²) in [5.74, 6) is -0.581. The number of furan rings is 1. The van der Waals surface area contributed by atoms with Gasteiger partial charge in [0.2, 0.25) is 0 Å². The average Bonchev–Trinajstić information content (AvgIpc) is 3.23. The topological polar surface area (TPSA) is 106 Å². The number of carbonyl (C=O) groups excluding carboxylic acids is 2. The third-order valence-corrected chi connectivity index (χ3v) is 5.55. The maximum Gasteiger partial charge on any atom is 0.270 e. The molecule has 2 heterocycles. The first-order valence-electron chi connectivity index (χ1n) is 9.27. The second-order valence-electron chi connectivity index (χ2n) is 6.85. The third kappa shape index (κ3) is 3.91. The molecule has 0 aliphatic carbocycles. The number of halogens is 1. The van der Waals surface area contributed by atoms with Gasteiger partial charge in [-0.25, -0.2) is 0 Å². The summed E-state index contributed by atoms with van der Waals surface area (Å²) in [4.78, 5) is 37.2. The number of thiocarbonyl (C=S) groups is 1. The van der Waals surface area contributed by atoms with Crippen LogP contribution in [0.5, 0.6) is 0 Å². The Hall–Kier alpha value is -3.82. The molecule has 1 saturated heterocycles. The van der Waals surface area contributed by atoms with Crippen molar-refractivity contribution in [3.8, 4) is 11.3 Å². The van der Waals surface area contributed by atoms with Crippen LogP contribution in [-0.2, 0) is 9.59 Å². The molecule has 160 valence electrons. The number of hydrogen-bond donors (Lipinski definition) is 1. The Morgan fingerprint density at radius 1 is 1.12 bits per heavy atom. The number of amides is 2. The van der Waals surface area contributed by atoms with E-state index in [0.717, 1.165) is 0 Å². The highest BCUT2D eigenvalue weighted by Gasteiger charge is 2.35. The van der Waals surface area contributed by atoms with Crippen LogP contribution in [0.1, 0.15) is 11.3 Å². The fraction of sp³-hybridized carbons (Fsp3) is 0.0455. The summed E-state index contributed by atoms with van der Waals surface area (Å²) in [6.45, 7) is 1.75. The number of anilines is 1. The average molecular weight is 468 g/mol. The highest BCUT2D eigenvalue weighted by atomic mass is 35.5. The van der Waals surface area contributed by atoms with Crippen molar-refractivity contribution in [2.45, 2.75) is 6.92 Å². The van der Waals surface area contributed by atoms with Crippen LogP contribution in [0.2, 0.25) is 5.02 Å². The van der Waals surface area contributed by atoms with Gasteiger partial charge in [0.05, 0.1) is 10.6 Å². The summed E-state index contributed by atoms with van der Waals surface area (Å²) in [5.41, 5.74) is 1.50. The van der Waals surface area contributed by atoms with Crippen LogP contribution in [0.4, 0.5) is 11.4 Å². The molecule has 0 spiro atoms. The van der Waals surface area contributed by atoms with Crippen LogP contribution >= 0.6 is 23.8 Å². The Labute approximate surface area is 192 Å². The molecule has 4 rings (SSSR count). The predicted molar refractivity (Wildman–Crippen MR) is 123 cm³/mol.